The van der Waals surface area contributed by atoms with E-state index < -0.39 is 0 Å². The van der Waals surface area contributed by atoms with Crippen molar-refractivity contribution in [2.24, 2.45) is 0 Å². The predicted octanol–water partition coefficient (Wildman–Crippen LogP) is 10.1. The van der Waals surface area contributed by atoms with Gasteiger partial charge in [-0.3, -0.25) is 0 Å². The van der Waals surface area contributed by atoms with Crippen LogP contribution in [0.4, 0.5) is 22.7 Å². The van der Waals surface area contributed by atoms with E-state index in [0.717, 1.165) is 54.1 Å². The van der Waals surface area contributed by atoms with Crippen molar-refractivity contribution in [2.75, 3.05) is 22.9 Å². The van der Waals surface area contributed by atoms with Crippen LogP contribution in [-0.2, 0) is 17.6 Å². The Morgan fingerprint density at radius 2 is 1.26 bits per heavy atom. The largest absolute Gasteiger partial charge is 0.457 e. The number of aryl methyl sites for hydroxylation is 2. The van der Waals surface area contributed by atoms with E-state index in [4.69, 9.17) is 11.3 Å². The lowest BCUT2D eigenvalue weighted by molar-refractivity contribution is 0.332. The first-order chi connectivity index (χ1) is 23.2. The van der Waals surface area contributed by atoms with Gasteiger partial charge in [-0.1, -0.05) is 60.7 Å². The van der Waals surface area contributed by atoms with E-state index in [9.17, 15) is 5.26 Å². The van der Waals surface area contributed by atoms with Crippen molar-refractivity contribution < 1.29 is 4.74 Å². The zero-order valence-corrected chi connectivity index (χ0v) is 26.1. The second-order valence-corrected chi connectivity index (χ2v) is 11.9. The second kappa shape index (κ2) is 13.5. The molecule has 0 saturated carbocycles. The molecule has 0 atom stereocenters. The highest BCUT2D eigenvalue weighted by atomic mass is 16.5. The van der Waals surface area contributed by atoms with E-state index >= 15 is 0 Å². The summed E-state index contributed by atoms with van der Waals surface area (Å²) in [6.45, 7) is 9.84. The fraction of sp³-hybridized carbons (Fsp3) is 0.143. The Labute approximate surface area is 276 Å². The van der Waals surface area contributed by atoms with Crippen molar-refractivity contribution in [3.05, 3.63) is 178 Å². The standard InChI is InChI=1S/C42H34N4O/c1-44-41(30-43)35-28-39(47-40(29-35)23-19-32-26-33-10-8-24-45-25-9-11-34(27-32)42(33)45)22-18-31-16-20-38(21-17-31)46(36-12-4-2-5-13-36)37-14-6-3-7-15-37/h2-7,12-23,26-29H,8-11,24-25H2/b22-18+,23-19+,41-35+. The van der Waals surface area contributed by atoms with Crippen molar-refractivity contribution in [3.8, 4) is 6.07 Å². The number of hydrogen-bond donors (Lipinski definition) is 0. The van der Waals surface area contributed by atoms with Gasteiger partial charge in [-0.05, 0) is 126 Å². The maximum absolute atomic E-state index is 9.63. The summed E-state index contributed by atoms with van der Waals surface area (Å²) in [5.74, 6) is 1.15. The first-order valence-corrected chi connectivity index (χ1v) is 16.1. The molecule has 3 aliphatic heterocycles. The Hall–Kier alpha value is -6.04. The average Bonchev–Trinajstić information content (AvgIpc) is 3.12. The van der Waals surface area contributed by atoms with Crippen molar-refractivity contribution in [2.45, 2.75) is 25.7 Å². The molecule has 4 aromatic carbocycles. The third kappa shape index (κ3) is 6.52. The third-order valence-electron chi connectivity index (χ3n) is 8.74. The fourth-order valence-corrected chi connectivity index (χ4v) is 6.62. The molecule has 7 rings (SSSR count). The predicted molar refractivity (Wildman–Crippen MR) is 191 cm³/mol. The first kappa shape index (κ1) is 29.7. The molecule has 0 unspecified atom stereocenters. The van der Waals surface area contributed by atoms with Crippen molar-refractivity contribution >= 4 is 34.9 Å². The molecule has 0 N–H and O–H groups in total. The summed E-state index contributed by atoms with van der Waals surface area (Å²) in [7, 11) is 0. The van der Waals surface area contributed by atoms with Gasteiger partial charge in [-0.25, -0.2) is 10.1 Å². The van der Waals surface area contributed by atoms with E-state index in [0.29, 0.717) is 17.1 Å². The Balaban J connectivity index is 1.13. The molecule has 3 heterocycles. The molecule has 0 radical (unpaired) electrons. The van der Waals surface area contributed by atoms with E-state index in [1.807, 2.05) is 60.7 Å². The number of allylic oxidation sites excluding steroid dienone is 6. The van der Waals surface area contributed by atoms with Crippen LogP contribution in [-0.4, -0.2) is 13.1 Å². The SMILES string of the molecule is [C-]#[N+]/C(C#N)=C1C=C(/C=C/c2ccc(N(c3ccccc3)c3ccccc3)cc2)OC(/C=C/c2cc3c4c(c2)CCCN4CCC3)=C\1. The molecule has 0 fully saturated rings. The number of nitriles is 1. The highest BCUT2D eigenvalue weighted by Gasteiger charge is 2.24. The normalized spacial score (nSPS) is 16.4. The van der Waals surface area contributed by atoms with Gasteiger partial charge in [0.15, 0.2) is 0 Å². The number of ether oxygens (including phenoxy) is 1. The maximum atomic E-state index is 9.63. The Morgan fingerprint density at radius 1 is 0.723 bits per heavy atom. The average molecular weight is 611 g/mol. The molecule has 0 aliphatic carbocycles. The van der Waals surface area contributed by atoms with Gasteiger partial charge in [0.25, 0.3) is 5.70 Å². The molecule has 47 heavy (non-hydrogen) atoms. The van der Waals surface area contributed by atoms with Gasteiger partial charge in [0.2, 0.25) is 0 Å². The number of benzene rings is 4. The zero-order valence-electron chi connectivity index (χ0n) is 26.1. The topological polar surface area (TPSA) is 43.9 Å². The number of hydrogen-bond acceptors (Lipinski definition) is 4. The third-order valence-corrected chi connectivity index (χ3v) is 8.74. The summed E-state index contributed by atoms with van der Waals surface area (Å²) >= 11 is 0. The molecule has 0 spiro atoms. The lowest BCUT2D eigenvalue weighted by Gasteiger charge is -2.37. The summed E-state index contributed by atoms with van der Waals surface area (Å²) in [6.07, 6.45) is 16.0. The van der Waals surface area contributed by atoms with Crippen LogP contribution in [0.25, 0.3) is 17.0 Å². The number of rotatable bonds is 7. The summed E-state index contributed by atoms with van der Waals surface area (Å²) in [5.41, 5.74) is 10.2. The van der Waals surface area contributed by atoms with Crippen LogP contribution < -0.4 is 9.80 Å². The molecule has 0 bridgehead atoms. The van der Waals surface area contributed by atoms with E-state index in [1.165, 1.54) is 29.7 Å². The number of anilines is 4. The fourth-order valence-electron chi connectivity index (χ4n) is 6.62. The smallest absolute Gasteiger partial charge is 0.269 e. The highest BCUT2D eigenvalue weighted by Crippen LogP contribution is 2.37. The van der Waals surface area contributed by atoms with E-state index in [2.05, 4.69) is 81.4 Å². The molecule has 0 saturated heterocycles. The minimum Gasteiger partial charge on any atom is -0.457 e. The number of nitrogens with zero attached hydrogens (tertiary/aromatic N) is 4. The van der Waals surface area contributed by atoms with Gasteiger partial charge in [-0.2, -0.15) is 0 Å². The van der Waals surface area contributed by atoms with E-state index in [1.54, 1.807) is 12.2 Å². The molecule has 0 aromatic heterocycles. The minimum absolute atomic E-state index is 0.0367. The molecule has 5 heteroatoms. The van der Waals surface area contributed by atoms with Crippen molar-refractivity contribution in [3.63, 3.8) is 0 Å². The van der Waals surface area contributed by atoms with Crippen LogP contribution in [0, 0.1) is 17.9 Å². The van der Waals surface area contributed by atoms with Crippen LogP contribution in [0.2, 0.25) is 0 Å². The van der Waals surface area contributed by atoms with Gasteiger partial charge in [0.05, 0.1) is 12.6 Å². The quantitative estimate of drug-likeness (QED) is 0.154. The van der Waals surface area contributed by atoms with Gasteiger partial charge in [-0.15, -0.1) is 0 Å². The van der Waals surface area contributed by atoms with Gasteiger partial charge < -0.3 is 14.5 Å². The number of para-hydroxylation sites is 2. The minimum atomic E-state index is 0.0367. The summed E-state index contributed by atoms with van der Waals surface area (Å²) in [4.78, 5) is 8.23. The van der Waals surface area contributed by atoms with Gasteiger partial charge >= 0.3 is 0 Å². The highest BCUT2D eigenvalue weighted by molar-refractivity contribution is 5.77. The second-order valence-electron chi connectivity index (χ2n) is 11.9. The molecule has 3 aliphatic rings. The van der Waals surface area contributed by atoms with E-state index in [-0.39, 0.29) is 5.70 Å². The lowest BCUT2D eigenvalue weighted by atomic mass is 9.90. The Bertz CT molecular complexity index is 1930. The lowest BCUT2D eigenvalue weighted by Crippen LogP contribution is -2.34. The molecular weight excluding hydrogens is 576 g/mol. The van der Waals surface area contributed by atoms with Gasteiger partial charge in [0.1, 0.15) is 11.5 Å². The zero-order chi connectivity index (χ0) is 32.0. The van der Waals surface area contributed by atoms with Gasteiger partial charge in [0, 0.05) is 35.8 Å². The van der Waals surface area contributed by atoms with Crippen molar-refractivity contribution in [1.29, 1.82) is 5.26 Å². The van der Waals surface area contributed by atoms with Crippen LogP contribution in [0.15, 0.2) is 144 Å². The molecule has 5 nitrogen and oxygen atoms in total. The summed E-state index contributed by atoms with van der Waals surface area (Å²) in [5, 5.41) is 9.63. The van der Waals surface area contributed by atoms with Crippen LogP contribution in [0.5, 0.6) is 0 Å². The molecular formula is C42H34N4O. The van der Waals surface area contributed by atoms with Crippen molar-refractivity contribution in [1.82, 2.24) is 0 Å². The summed E-state index contributed by atoms with van der Waals surface area (Å²) < 4.78 is 6.26. The van der Waals surface area contributed by atoms with Crippen LogP contribution in [0.1, 0.15) is 35.1 Å². The molecule has 0 amide bonds. The summed E-state index contributed by atoms with van der Waals surface area (Å²) in [6, 6.07) is 35.6. The van der Waals surface area contributed by atoms with Crippen LogP contribution in [0.3, 0.4) is 0 Å². The van der Waals surface area contributed by atoms with Crippen LogP contribution >= 0.6 is 0 Å². The molecule has 4 aromatic rings. The molecule has 228 valence electrons. The Kier molecular flexibility index (Phi) is 8.54. The first-order valence-electron chi connectivity index (χ1n) is 16.1. The Morgan fingerprint density at radius 3 is 1.79 bits per heavy atom. The maximum Gasteiger partial charge on any atom is 0.269 e. The monoisotopic (exact) mass is 610 g/mol.